The lowest BCUT2D eigenvalue weighted by Crippen LogP contribution is -2.52. The van der Waals surface area contributed by atoms with E-state index in [1.54, 1.807) is 29.2 Å². The van der Waals surface area contributed by atoms with E-state index in [-0.39, 0.29) is 30.2 Å². The average Bonchev–Trinajstić information content (AvgIpc) is 3.84. The number of fused-ring (bicyclic) bond motifs is 3. The summed E-state index contributed by atoms with van der Waals surface area (Å²) in [6.45, 7) is 5.72. The third-order valence-electron chi connectivity index (χ3n) is 11.3. The topological polar surface area (TPSA) is 96.7 Å². The van der Waals surface area contributed by atoms with Crippen LogP contribution in [0.1, 0.15) is 61.5 Å². The van der Waals surface area contributed by atoms with Crippen molar-refractivity contribution in [3.63, 3.8) is 0 Å². The Hall–Kier alpha value is -5.42. The minimum absolute atomic E-state index is 0.0287. The van der Waals surface area contributed by atoms with Crippen LogP contribution < -0.4 is 9.79 Å². The molecular weight excluding hydrogens is 681 g/mol. The maximum absolute atomic E-state index is 15.2. The fourth-order valence-electron chi connectivity index (χ4n) is 8.49. The van der Waals surface area contributed by atoms with E-state index >= 15 is 4.79 Å². The zero-order valence-electron chi connectivity index (χ0n) is 30.3. The molecule has 0 radical (unpaired) electrons. The Morgan fingerprint density at radius 2 is 1.59 bits per heavy atom. The number of benzene rings is 4. The Labute approximate surface area is 315 Å². The number of hydrogen-bond donors (Lipinski definition) is 1. The van der Waals surface area contributed by atoms with Crippen LogP contribution in [0.25, 0.3) is 11.3 Å². The molecule has 10 heteroatoms. The Kier molecular flexibility index (Phi) is 9.40. The molecule has 5 heterocycles. The number of hydrogen-bond acceptors (Lipinski definition) is 7. The first-order valence-electron chi connectivity index (χ1n) is 19.0. The molecule has 5 aromatic rings. The molecule has 0 spiro atoms. The van der Waals surface area contributed by atoms with Gasteiger partial charge in [-0.3, -0.25) is 14.5 Å². The standard InChI is InChI=1S/C44H44N4O6/c49-36-15-13-34(14-16-36)47(26-30-8-2-1-3-9-30)44(51)39-24-41(46-17-7-6-12-40(39)46)37-23-33-29-53-54-42(33)25-38(37)43(50)48-27-32-11-5-4-10-31(32)22-35(48)28-45-18-20-52-21-19-45/h1-5,8-11,13-16,23-25,35,49H,6-7,12,17-22,26-29H2/t35-/m0/s1. The first kappa shape index (κ1) is 34.4. The highest BCUT2D eigenvalue weighted by Crippen LogP contribution is 2.40. The van der Waals surface area contributed by atoms with Crippen molar-refractivity contribution in [2.45, 2.75) is 58.0 Å². The lowest BCUT2D eigenvalue weighted by atomic mass is 9.91. The molecule has 1 saturated heterocycles. The summed E-state index contributed by atoms with van der Waals surface area (Å²) in [4.78, 5) is 47.3. The van der Waals surface area contributed by atoms with Gasteiger partial charge in [0.25, 0.3) is 11.8 Å². The van der Waals surface area contributed by atoms with Crippen LogP contribution in [0.4, 0.5) is 5.69 Å². The summed E-state index contributed by atoms with van der Waals surface area (Å²) in [6.07, 6.45) is 3.46. The van der Waals surface area contributed by atoms with Crippen molar-refractivity contribution in [2.24, 2.45) is 0 Å². The molecule has 1 atom stereocenters. The quantitative estimate of drug-likeness (QED) is 0.177. The molecule has 1 N–H and O–H groups in total. The van der Waals surface area contributed by atoms with E-state index in [1.807, 2.05) is 59.5 Å². The number of aromatic hydroxyl groups is 1. The van der Waals surface area contributed by atoms with Crippen molar-refractivity contribution in [2.75, 3.05) is 37.7 Å². The summed E-state index contributed by atoms with van der Waals surface area (Å²) < 4.78 is 7.90. The van der Waals surface area contributed by atoms with Crippen molar-refractivity contribution in [1.82, 2.24) is 14.4 Å². The lowest BCUT2D eigenvalue weighted by Gasteiger charge is -2.40. The van der Waals surface area contributed by atoms with E-state index in [2.05, 4.69) is 27.7 Å². The number of anilines is 1. The molecular formula is C44H44N4O6. The first-order chi connectivity index (χ1) is 26.5. The van der Waals surface area contributed by atoms with Gasteiger partial charge in [0.15, 0.2) is 5.75 Å². The monoisotopic (exact) mass is 724 g/mol. The molecule has 54 heavy (non-hydrogen) atoms. The fraction of sp³-hybridized carbons (Fsp3) is 0.318. The van der Waals surface area contributed by atoms with Gasteiger partial charge < -0.3 is 29.1 Å². The molecule has 2 amide bonds. The molecule has 0 aliphatic carbocycles. The van der Waals surface area contributed by atoms with Crippen molar-refractivity contribution in [1.29, 1.82) is 0 Å². The van der Waals surface area contributed by atoms with Crippen LogP contribution in [0.2, 0.25) is 0 Å². The molecule has 4 aromatic carbocycles. The highest BCUT2D eigenvalue weighted by atomic mass is 17.2. The van der Waals surface area contributed by atoms with Gasteiger partial charge in [-0.05, 0) is 84.8 Å². The maximum atomic E-state index is 15.2. The summed E-state index contributed by atoms with van der Waals surface area (Å²) in [5.41, 5.74) is 8.75. The van der Waals surface area contributed by atoms with Crippen molar-refractivity contribution in [3.8, 4) is 22.8 Å². The molecule has 1 fully saturated rings. The van der Waals surface area contributed by atoms with Gasteiger partial charge in [-0.15, -0.1) is 0 Å². The predicted molar refractivity (Wildman–Crippen MR) is 204 cm³/mol. The minimum Gasteiger partial charge on any atom is -0.508 e. The van der Waals surface area contributed by atoms with Crippen molar-refractivity contribution >= 4 is 17.5 Å². The number of ether oxygens (including phenoxy) is 1. The van der Waals surface area contributed by atoms with Gasteiger partial charge in [-0.1, -0.05) is 54.6 Å². The van der Waals surface area contributed by atoms with Crippen LogP contribution in [0.5, 0.6) is 11.5 Å². The van der Waals surface area contributed by atoms with E-state index in [1.165, 1.54) is 5.56 Å². The van der Waals surface area contributed by atoms with E-state index in [0.717, 1.165) is 85.5 Å². The van der Waals surface area contributed by atoms with Crippen molar-refractivity contribution < 1.29 is 29.2 Å². The number of aromatic nitrogens is 1. The van der Waals surface area contributed by atoms with Crippen LogP contribution >= 0.6 is 0 Å². The number of carbonyl (C=O) groups is 2. The van der Waals surface area contributed by atoms with Gasteiger partial charge >= 0.3 is 0 Å². The number of carbonyl (C=O) groups excluding carboxylic acids is 2. The van der Waals surface area contributed by atoms with Crippen LogP contribution in [0, 0.1) is 0 Å². The molecule has 276 valence electrons. The summed E-state index contributed by atoms with van der Waals surface area (Å²) in [6, 6.07) is 31.0. The normalized spacial score (nSPS) is 18.0. The third-order valence-corrected chi connectivity index (χ3v) is 11.3. The maximum Gasteiger partial charge on any atom is 0.260 e. The molecule has 4 aliphatic heterocycles. The van der Waals surface area contributed by atoms with Crippen LogP contribution in [-0.2, 0) is 48.7 Å². The summed E-state index contributed by atoms with van der Waals surface area (Å²) >= 11 is 0. The Morgan fingerprint density at radius 3 is 2.41 bits per heavy atom. The molecule has 4 aliphatic rings. The van der Waals surface area contributed by atoms with Gasteiger partial charge in [0.2, 0.25) is 0 Å². The van der Waals surface area contributed by atoms with E-state index in [0.29, 0.717) is 48.9 Å². The molecule has 1 aromatic heterocycles. The SMILES string of the molecule is O=C(c1cc(-c2cc3c(cc2C(=O)N2Cc4ccccc4C[C@H]2CN2CCOCC2)OOC3)n2c1CCCC2)N(Cc1ccccc1)c1ccc(O)cc1. The van der Waals surface area contributed by atoms with E-state index < -0.39 is 0 Å². The second-order valence-corrected chi connectivity index (χ2v) is 14.7. The summed E-state index contributed by atoms with van der Waals surface area (Å²) in [5, 5.41) is 10.1. The zero-order valence-corrected chi connectivity index (χ0v) is 30.3. The van der Waals surface area contributed by atoms with Gasteiger partial charge in [0.05, 0.1) is 30.9 Å². The highest BCUT2D eigenvalue weighted by molar-refractivity contribution is 6.09. The average molecular weight is 725 g/mol. The molecule has 0 bridgehead atoms. The number of morpholine rings is 1. The van der Waals surface area contributed by atoms with Gasteiger partial charge in [-0.25, -0.2) is 0 Å². The Bertz CT molecular complexity index is 2180. The van der Waals surface area contributed by atoms with E-state index in [9.17, 15) is 9.90 Å². The third kappa shape index (κ3) is 6.66. The summed E-state index contributed by atoms with van der Waals surface area (Å²) in [5.74, 6) is 0.498. The number of nitrogens with zero attached hydrogens (tertiary/aromatic N) is 4. The van der Waals surface area contributed by atoms with Gasteiger partial charge in [0, 0.05) is 67.0 Å². The van der Waals surface area contributed by atoms with Gasteiger partial charge in [-0.2, -0.15) is 4.89 Å². The number of phenolic OH excluding ortho intramolecular Hbond substituents is 1. The first-order valence-corrected chi connectivity index (χ1v) is 19.0. The van der Waals surface area contributed by atoms with Gasteiger partial charge in [0.1, 0.15) is 12.4 Å². The Morgan fingerprint density at radius 1 is 0.815 bits per heavy atom. The second-order valence-electron chi connectivity index (χ2n) is 14.7. The molecule has 0 unspecified atom stereocenters. The van der Waals surface area contributed by atoms with E-state index in [4.69, 9.17) is 14.5 Å². The minimum atomic E-state index is -0.125. The zero-order chi connectivity index (χ0) is 36.6. The highest BCUT2D eigenvalue weighted by Gasteiger charge is 2.36. The van der Waals surface area contributed by atoms with Crippen molar-refractivity contribution in [3.05, 3.63) is 136 Å². The Balaban J connectivity index is 1.13. The van der Waals surface area contributed by atoms with Crippen LogP contribution in [0.15, 0.2) is 97.1 Å². The number of rotatable bonds is 8. The number of amides is 2. The summed E-state index contributed by atoms with van der Waals surface area (Å²) in [7, 11) is 0. The fourth-order valence-corrected chi connectivity index (χ4v) is 8.49. The molecule has 10 nitrogen and oxygen atoms in total. The smallest absolute Gasteiger partial charge is 0.260 e. The van der Waals surface area contributed by atoms with Crippen LogP contribution in [0.3, 0.4) is 0 Å². The second kappa shape index (κ2) is 14.8. The molecule has 9 rings (SSSR count). The lowest BCUT2D eigenvalue weighted by molar-refractivity contribution is -0.194. The molecule has 0 saturated carbocycles. The largest absolute Gasteiger partial charge is 0.508 e. The predicted octanol–water partition coefficient (Wildman–Crippen LogP) is 6.77. The van der Waals surface area contributed by atoms with Crippen LogP contribution in [-0.4, -0.2) is 70.2 Å². The number of phenols is 1.